The first-order valence-corrected chi connectivity index (χ1v) is 11.5. The molecule has 3 rings (SSSR count). The van der Waals surface area contributed by atoms with Gasteiger partial charge in [0, 0.05) is 51.7 Å². The highest BCUT2D eigenvalue weighted by molar-refractivity contribution is 14.0. The number of hydrogen-bond acceptors (Lipinski definition) is 7. The van der Waals surface area contributed by atoms with E-state index in [0.29, 0.717) is 10.8 Å². The van der Waals surface area contributed by atoms with E-state index in [9.17, 15) is 8.42 Å². The molecule has 1 fully saturated rings. The van der Waals surface area contributed by atoms with Crippen molar-refractivity contribution in [3.63, 3.8) is 0 Å². The number of rotatable bonds is 7. The third kappa shape index (κ3) is 6.76. The molecule has 9 nitrogen and oxygen atoms in total. The van der Waals surface area contributed by atoms with Crippen LogP contribution in [0.5, 0.6) is 0 Å². The van der Waals surface area contributed by atoms with Crippen LogP contribution in [0, 0.1) is 0 Å². The molecule has 2 N–H and O–H groups in total. The maximum Gasteiger partial charge on any atom is 0.250 e. The molecular weight excluding hydrogens is 525 g/mol. The number of nitrogens with one attached hydrogen (secondary N) is 2. The summed E-state index contributed by atoms with van der Waals surface area (Å²) in [4.78, 5) is 17.5. The standard InChI is InChI=1S/C17H25N7O2S2.HI/c1-2-18-16(21-8-9-22-28(25,26)15-5-3-14-27-15)23-10-12-24(13-11-23)17-19-6-4-7-20-17;/h3-7,14,22H,2,8-13H2,1H3,(H,18,21);1H. The van der Waals surface area contributed by atoms with Gasteiger partial charge in [-0.2, -0.15) is 0 Å². The molecule has 0 bridgehead atoms. The Morgan fingerprint density at radius 3 is 2.55 bits per heavy atom. The average molecular weight is 551 g/mol. The zero-order chi connectivity index (χ0) is 19.8. The summed E-state index contributed by atoms with van der Waals surface area (Å²) in [6.45, 7) is 6.60. The second kappa shape index (κ2) is 11.6. The molecule has 0 amide bonds. The van der Waals surface area contributed by atoms with Crippen LogP contribution < -0.4 is 14.9 Å². The number of hydrogen-bond donors (Lipinski definition) is 2. The Balaban J connectivity index is 0.00000300. The molecule has 0 radical (unpaired) electrons. The fourth-order valence-electron chi connectivity index (χ4n) is 2.83. The zero-order valence-electron chi connectivity index (χ0n) is 16.2. The Kier molecular flexibility index (Phi) is 9.52. The number of sulfonamides is 1. The van der Waals surface area contributed by atoms with Gasteiger partial charge in [0.15, 0.2) is 5.96 Å². The molecule has 1 aliphatic rings. The van der Waals surface area contributed by atoms with Crippen LogP contribution in [0.15, 0.2) is 45.2 Å². The summed E-state index contributed by atoms with van der Waals surface area (Å²) in [5, 5.41) is 5.03. The van der Waals surface area contributed by atoms with Gasteiger partial charge in [0.25, 0.3) is 0 Å². The molecule has 1 aliphatic heterocycles. The van der Waals surface area contributed by atoms with E-state index in [1.807, 2.05) is 13.0 Å². The van der Waals surface area contributed by atoms with Crippen LogP contribution in [-0.2, 0) is 10.0 Å². The van der Waals surface area contributed by atoms with Gasteiger partial charge in [-0.1, -0.05) is 6.07 Å². The lowest BCUT2D eigenvalue weighted by molar-refractivity contribution is 0.370. The summed E-state index contributed by atoms with van der Waals surface area (Å²) >= 11 is 1.20. The van der Waals surface area contributed by atoms with Crippen LogP contribution in [0.1, 0.15) is 6.92 Å². The lowest BCUT2D eigenvalue weighted by Gasteiger charge is -2.36. The van der Waals surface area contributed by atoms with Gasteiger partial charge >= 0.3 is 0 Å². The average Bonchev–Trinajstić information content (AvgIpc) is 3.27. The van der Waals surface area contributed by atoms with Gasteiger partial charge in [0.1, 0.15) is 4.21 Å². The Morgan fingerprint density at radius 1 is 1.21 bits per heavy atom. The van der Waals surface area contributed by atoms with E-state index in [-0.39, 0.29) is 30.5 Å². The molecule has 1 saturated heterocycles. The molecule has 0 aliphatic carbocycles. The second-order valence-electron chi connectivity index (χ2n) is 6.09. The molecule has 160 valence electrons. The predicted molar refractivity (Wildman–Crippen MR) is 127 cm³/mol. The number of piperazine rings is 1. The summed E-state index contributed by atoms with van der Waals surface area (Å²) in [6, 6.07) is 5.12. The van der Waals surface area contributed by atoms with Gasteiger partial charge in [0.2, 0.25) is 16.0 Å². The lowest BCUT2D eigenvalue weighted by atomic mass is 10.3. The fraction of sp³-hybridized carbons (Fsp3) is 0.471. The van der Waals surface area contributed by atoms with Crippen molar-refractivity contribution < 1.29 is 8.42 Å². The third-order valence-corrected chi connectivity index (χ3v) is 7.03. The Hall–Kier alpha value is -1.51. The fourth-order valence-corrected chi connectivity index (χ4v) is 4.89. The maximum absolute atomic E-state index is 12.1. The van der Waals surface area contributed by atoms with Crippen molar-refractivity contribution in [1.29, 1.82) is 0 Å². The van der Waals surface area contributed by atoms with E-state index in [1.54, 1.807) is 29.9 Å². The van der Waals surface area contributed by atoms with Crippen molar-refractivity contribution in [3.8, 4) is 0 Å². The number of anilines is 1. The Bertz CT molecular complexity index is 855. The summed E-state index contributed by atoms with van der Waals surface area (Å²) in [5.41, 5.74) is 0. The van der Waals surface area contributed by atoms with Crippen molar-refractivity contribution in [1.82, 2.24) is 24.9 Å². The molecule has 29 heavy (non-hydrogen) atoms. The van der Waals surface area contributed by atoms with Crippen LogP contribution in [0.3, 0.4) is 0 Å². The number of thiophene rings is 1. The lowest BCUT2D eigenvalue weighted by Crippen LogP contribution is -2.53. The number of nitrogens with zero attached hydrogens (tertiary/aromatic N) is 5. The minimum absolute atomic E-state index is 0. The largest absolute Gasteiger partial charge is 0.357 e. The maximum atomic E-state index is 12.1. The molecule has 12 heteroatoms. The van der Waals surface area contributed by atoms with Gasteiger partial charge in [0.05, 0.1) is 6.54 Å². The summed E-state index contributed by atoms with van der Waals surface area (Å²) in [5.74, 6) is 1.54. The van der Waals surface area contributed by atoms with E-state index in [1.165, 1.54) is 11.3 Å². The van der Waals surface area contributed by atoms with Gasteiger partial charge in [-0.05, 0) is 24.4 Å². The molecule has 2 aromatic rings. The van der Waals surface area contributed by atoms with E-state index in [2.05, 4.69) is 34.8 Å². The molecule has 0 unspecified atom stereocenters. The van der Waals surface area contributed by atoms with E-state index in [4.69, 9.17) is 0 Å². The van der Waals surface area contributed by atoms with Crippen molar-refractivity contribution in [2.75, 3.05) is 50.7 Å². The Morgan fingerprint density at radius 2 is 1.93 bits per heavy atom. The van der Waals surface area contributed by atoms with Crippen molar-refractivity contribution in [2.45, 2.75) is 11.1 Å². The molecular formula is C17H26IN7O2S2. The molecule has 0 atom stereocenters. The first kappa shape index (κ1) is 23.8. The molecule has 2 aromatic heterocycles. The topological polar surface area (TPSA) is 103 Å². The molecule has 3 heterocycles. The normalized spacial score (nSPS) is 15.1. The van der Waals surface area contributed by atoms with Crippen LogP contribution in [-0.4, -0.2) is 75.1 Å². The van der Waals surface area contributed by atoms with Crippen LogP contribution in [0.4, 0.5) is 5.95 Å². The highest BCUT2D eigenvalue weighted by Crippen LogP contribution is 2.15. The number of aromatic nitrogens is 2. The second-order valence-corrected chi connectivity index (χ2v) is 9.03. The minimum Gasteiger partial charge on any atom is -0.357 e. The van der Waals surface area contributed by atoms with Gasteiger partial charge < -0.3 is 15.1 Å². The highest BCUT2D eigenvalue weighted by atomic mass is 127. The SMILES string of the molecule is CCNC(=NCCNS(=O)(=O)c1cccs1)N1CCN(c2ncccn2)CC1.I. The first-order valence-electron chi connectivity index (χ1n) is 9.18. The number of guanidine groups is 1. The minimum atomic E-state index is -3.45. The quantitative estimate of drug-likeness (QED) is 0.231. The van der Waals surface area contributed by atoms with Gasteiger partial charge in [-0.15, -0.1) is 35.3 Å². The van der Waals surface area contributed by atoms with Gasteiger partial charge in [-0.3, -0.25) is 4.99 Å². The zero-order valence-corrected chi connectivity index (χ0v) is 20.2. The van der Waals surface area contributed by atoms with Crippen LogP contribution in [0.25, 0.3) is 0 Å². The summed E-state index contributed by atoms with van der Waals surface area (Å²) in [7, 11) is -3.45. The van der Waals surface area contributed by atoms with Crippen molar-refractivity contribution in [3.05, 3.63) is 36.0 Å². The number of halogens is 1. The highest BCUT2D eigenvalue weighted by Gasteiger charge is 2.21. The molecule has 0 aromatic carbocycles. The number of aliphatic imine (C=N–C) groups is 1. The smallest absolute Gasteiger partial charge is 0.250 e. The summed E-state index contributed by atoms with van der Waals surface area (Å²) < 4.78 is 27.2. The van der Waals surface area contributed by atoms with Crippen LogP contribution in [0.2, 0.25) is 0 Å². The monoisotopic (exact) mass is 551 g/mol. The third-order valence-electron chi connectivity index (χ3n) is 4.17. The van der Waals surface area contributed by atoms with Gasteiger partial charge in [-0.25, -0.2) is 23.1 Å². The van der Waals surface area contributed by atoms with Crippen molar-refractivity contribution >= 4 is 57.2 Å². The van der Waals surface area contributed by atoms with E-state index in [0.717, 1.165) is 44.6 Å². The predicted octanol–water partition coefficient (Wildman–Crippen LogP) is 1.22. The van der Waals surface area contributed by atoms with Crippen LogP contribution >= 0.6 is 35.3 Å². The van der Waals surface area contributed by atoms with E-state index < -0.39 is 10.0 Å². The first-order chi connectivity index (χ1) is 13.6. The molecule has 0 spiro atoms. The summed E-state index contributed by atoms with van der Waals surface area (Å²) in [6.07, 6.45) is 3.49. The molecule has 0 saturated carbocycles. The Labute approximate surface area is 192 Å². The van der Waals surface area contributed by atoms with E-state index >= 15 is 0 Å². The van der Waals surface area contributed by atoms with Crippen molar-refractivity contribution in [2.24, 2.45) is 4.99 Å².